The molecule has 2 aromatic rings. The van der Waals surface area contributed by atoms with E-state index in [0.717, 1.165) is 0 Å². The molecule has 4 heteroatoms. The van der Waals surface area contributed by atoms with Crippen LogP contribution in [0.15, 0.2) is 36.0 Å². The first kappa shape index (κ1) is 10.8. The van der Waals surface area contributed by atoms with Crippen molar-refractivity contribution in [1.82, 2.24) is 4.98 Å². The second kappa shape index (κ2) is 4.42. The smallest absolute Gasteiger partial charge is 0.132 e. The van der Waals surface area contributed by atoms with Gasteiger partial charge in [-0.15, -0.1) is 0 Å². The van der Waals surface area contributed by atoms with E-state index in [2.05, 4.69) is 4.98 Å². The molecule has 0 amide bonds. The Kier molecular flexibility index (Phi) is 2.81. The van der Waals surface area contributed by atoms with Crippen LogP contribution in [0.1, 0.15) is 5.56 Å². The van der Waals surface area contributed by atoms with Gasteiger partial charge in [0.05, 0.1) is 5.52 Å². The van der Waals surface area contributed by atoms with Crippen molar-refractivity contribution in [3.8, 4) is 12.1 Å². The molecule has 0 aliphatic heterocycles. The maximum atomic E-state index is 13.5. The molecular weight excluding hydrogens is 217 g/mol. The zero-order chi connectivity index (χ0) is 12.3. The van der Waals surface area contributed by atoms with Gasteiger partial charge in [-0.05, 0) is 30.3 Å². The Labute approximate surface area is 97.1 Å². The topological polar surface area (TPSA) is 60.5 Å². The zero-order valence-electron chi connectivity index (χ0n) is 8.68. The lowest BCUT2D eigenvalue weighted by Gasteiger charge is -2.01. The monoisotopic (exact) mass is 223 g/mol. The Balaban J connectivity index is 2.74. The van der Waals surface area contributed by atoms with E-state index in [0.29, 0.717) is 16.5 Å². The second-order valence-electron chi connectivity index (χ2n) is 3.32. The van der Waals surface area contributed by atoms with Gasteiger partial charge in [-0.25, -0.2) is 4.39 Å². The first-order chi connectivity index (χ1) is 8.26. The Morgan fingerprint density at radius 2 is 2.00 bits per heavy atom. The number of nitrogens with zero attached hydrogens (tertiary/aromatic N) is 3. The van der Waals surface area contributed by atoms with E-state index in [-0.39, 0.29) is 11.4 Å². The van der Waals surface area contributed by atoms with Gasteiger partial charge in [0.1, 0.15) is 23.5 Å². The van der Waals surface area contributed by atoms with E-state index in [9.17, 15) is 4.39 Å². The first-order valence-corrected chi connectivity index (χ1v) is 4.81. The number of rotatable bonds is 1. The van der Waals surface area contributed by atoms with Gasteiger partial charge in [-0.3, -0.25) is 4.98 Å². The molecule has 0 spiro atoms. The van der Waals surface area contributed by atoms with Crippen molar-refractivity contribution in [2.45, 2.75) is 0 Å². The number of hydrogen-bond acceptors (Lipinski definition) is 3. The number of fused-ring (bicyclic) bond motifs is 1. The Morgan fingerprint density at radius 3 is 2.71 bits per heavy atom. The molecule has 1 aromatic carbocycles. The first-order valence-electron chi connectivity index (χ1n) is 4.81. The molecule has 0 atom stereocenters. The summed E-state index contributed by atoms with van der Waals surface area (Å²) in [6, 6.07) is 9.55. The minimum Gasteiger partial charge on any atom is -0.256 e. The van der Waals surface area contributed by atoms with E-state index in [1.807, 2.05) is 0 Å². The SMILES string of the molecule is N#CC(C#N)=Cc1ccc(F)c2cccnc12. The highest BCUT2D eigenvalue weighted by molar-refractivity contribution is 5.88. The third-order valence-electron chi connectivity index (χ3n) is 2.29. The summed E-state index contributed by atoms with van der Waals surface area (Å²) in [5.41, 5.74) is 0.958. The van der Waals surface area contributed by atoms with Crippen LogP contribution in [0.5, 0.6) is 0 Å². The van der Waals surface area contributed by atoms with Crippen molar-refractivity contribution in [1.29, 1.82) is 10.5 Å². The molecule has 0 saturated heterocycles. The highest BCUT2D eigenvalue weighted by Crippen LogP contribution is 2.21. The number of nitriles is 2. The molecular formula is C13H6FN3. The largest absolute Gasteiger partial charge is 0.256 e. The van der Waals surface area contributed by atoms with Crippen LogP contribution < -0.4 is 0 Å². The Bertz CT molecular complexity index is 674. The van der Waals surface area contributed by atoms with Crippen LogP contribution >= 0.6 is 0 Å². The number of pyridine rings is 1. The maximum Gasteiger partial charge on any atom is 0.132 e. The van der Waals surface area contributed by atoms with Crippen molar-refractivity contribution in [3.05, 3.63) is 47.4 Å². The zero-order valence-corrected chi connectivity index (χ0v) is 8.68. The maximum absolute atomic E-state index is 13.5. The van der Waals surface area contributed by atoms with E-state index in [4.69, 9.17) is 10.5 Å². The molecule has 0 unspecified atom stereocenters. The molecule has 1 aromatic heterocycles. The lowest BCUT2D eigenvalue weighted by atomic mass is 10.1. The average Bonchev–Trinajstić information content (AvgIpc) is 2.38. The standard InChI is InChI=1S/C13H6FN3/c14-12-4-3-10(6-9(7-15)8-16)13-11(12)2-1-5-17-13/h1-6H. The summed E-state index contributed by atoms with van der Waals surface area (Å²) in [5.74, 6) is -0.374. The lowest BCUT2D eigenvalue weighted by Crippen LogP contribution is -1.87. The lowest BCUT2D eigenvalue weighted by molar-refractivity contribution is 0.639. The summed E-state index contributed by atoms with van der Waals surface area (Å²) in [4.78, 5) is 4.06. The van der Waals surface area contributed by atoms with Crippen LogP contribution in [0, 0.1) is 28.5 Å². The number of hydrogen-bond donors (Lipinski definition) is 0. The normalized spacial score (nSPS) is 9.35. The molecule has 0 radical (unpaired) electrons. The number of halogens is 1. The molecule has 2 rings (SSSR count). The van der Waals surface area contributed by atoms with Gasteiger partial charge < -0.3 is 0 Å². The summed E-state index contributed by atoms with van der Waals surface area (Å²) >= 11 is 0. The fourth-order valence-electron chi connectivity index (χ4n) is 1.52. The molecule has 0 N–H and O–H groups in total. The van der Waals surface area contributed by atoms with Crippen molar-refractivity contribution < 1.29 is 4.39 Å². The Hall–Kier alpha value is -2.72. The molecule has 0 aliphatic rings. The van der Waals surface area contributed by atoms with Crippen LogP contribution in [-0.2, 0) is 0 Å². The van der Waals surface area contributed by atoms with E-state index in [1.165, 1.54) is 24.4 Å². The van der Waals surface area contributed by atoms with Gasteiger partial charge in [0.15, 0.2) is 0 Å². The van der Waals surface area contributed by atoms with E-state index in [1.54, 1.807) is 24.3 Å². The van der Waals surface area contributed by atoms with Gasteiger partial charge >= 0.3 is 0 Å². The van der Waals surface area contributed by atoms with Crippen LogP contribution in [0.3, 0.4) is 0 Å². The van der Waals surface area contributed by atoms with Gasteiger partial charge in [-0.2, -0.15) is 10.5 Å². The average molecular weight is 223 g/mol. The van der Waals surface area contributed by atoms with Crippen molar-refractivity contribution in [3.63, 3.8) is 0 Å². The van der Waals surface area contributed by atoms with E-state index >= 15 is 0 Å². The summed E-state index contributed by atoms with van der Waals surface area (Å²) in [6.45, 7) is 0. The summed E-state index contributed by atoms with van der Waals surface area (Å²) in [6.07, 6.45) is 2.94. The molecule has 0 fully saturated rings. The van der Waals surface area contributed by atoms with Crippen LogP contribution in [0.4, 0.5) is 4.39 Å². The molecule has 0 aliphatic carbocycles. The van der Waals surface area contributed by atoms with Crippen LogP contribution in [-0.4, -0.2) is 4.98 Å². The van der Waals surface area contributed by atoms with Crippen molar-refractivity contribution in [2.75, 3.05) is 0 Å². The summed E-state index contributed by atoms with van der Waals surface area (Å²) in [7, 11) is 0. The Morgan fingerprint density at radius 1 is 1.24 bits per heavy atom. The predicted molar refractivity (Wildman–Crippen MR) is 60.9 cm³/mol. The molecule has 17 heavy (non-hydrogen) atoms. The minimum atomic E-state index is -0.374. The van der Waals surface area contributed by atoms with Gasteiger partial charge in [-0.1, -0.05) is 0 Å². The molecule has 3 nitrogen and oxygen atoms in total. The van der Waals surface area contributed by atoms with Gasteiger partial charge in [0, 0.05) is 17.1 Å². The number of allylic oxidation sites excluding steroid dienone is 1. The number of aromatic nitrogens is 1. The summed E-state index contributed by atoms with van der Waals surface area (Å²) < 4.78 is 13.5. The molecule has 0 bridgehead atoms. The van der Waals surface area contributed by atoms with Crippen molar-refractivity contribution >= 4 is 17.0 Å². The fraction of sp³-hybridized carbons (Fsp3) is 0. The van der Waals surface area contributed by atoms with Crippen LogP contribution in [0.2, 0.25) is 0 Å². The molecule has 80 valence electrons. The second-order valence-corrected chi connectivity index (χ2v) is 3.32. The van der Waals surface area contributed by atoms with Crippen molar-refractivity contribution in [2.24, 2.45) is 0 Å². The minimum absolute atomic E-state index is 0.0384. The predicted octanol–water partition coefficient (Wildman–Crippen LogP) is 2.80. The molecule has 1 heterocycles. The highest BCUT2D eigenvalue weighted by atomic mass is 19.1. The molecule has 0 saturated carbocycles. The fourth-order valence-corrected chi connectivity index (χ4v) is 1.52. The summed E-state index contributed by atoms with van der Waals surface area (Å²) in [5, 5.41) is 17.7. The quantitative estimate of drug-likeness (QED) is 0.698. The third-order valence-corrected chi connectivity index (χ3v) is 2.29. The van der Waals surface area contributed by atoms with Gasteiger partial charge in [0.25, 0.3) is 0 Å². The van der Waals surface area contributed by atoms with Gasteiger partial charge in [0.2, 0.25) is 0 Å². The van der Waals surface area contributed by atoms with Crippen LogP contribution in [0.25, 0.3) is 17.0 Å². The highest BCUT2D eigenvalue weighted by Gasteiger charge is 2.05. The third kappa shape index (κ3) is 1.97. The number of benzene rings is 1. The van der Waals surface area contributed by atoms with E-state index < -0.39 is 0 Å².